The van der Waals surface area contributed by atoms with Gasteiger partial charge in [-0.25, -0.2) is 14.6 Å². The summed E-state index contributed by atoms with van der Waals surface area (Å²) in [7, 11) is 0. The molecule has 1 amide bonds. The Hall–Kier alpha value is -2.61. The Kier molecular flexibility index (Phi) is 4.74. The number of rotatable bonds is 2. The van der Waals surface area contributed by atoms with Crippen molar-refractivity contribution in [1.82, 2.24) is 19.4 Å². The molecule has 2 aromatic heterocycles. The van der Waals surface area contributed by atoms with E-state index in [4.69, 9.17) is 9.47 Å². The van der Waals surface area contributed by atoms with Gasteiger partial charge < -0.3 is 14.4 Å². The van der Waals surface area contributed by atoms with Crippen LogP contribution in [0.25, 0.3) is 16.7 Å². The molecule has 0 aromatic carbocycles. The van der Waals surface area contributed by atoms with Crippen LogP contribution in [0.2, 0.25) is 0 Å². The van der Waals surface area contributed by atoms with Crippen LogP contribution in [0.3, 0.4) is 0 Å². The molecule has 28 heavy (non-hydrogen) atoms. The van der Waals surface area contributed by atoms with E-state index in [1.165, 1.54) is 5.57 Å². The van der Waals surface area contributed by atoms with Crippen LogP contribution >= 0.6 is 0 Å². The fourth-order valence-electron chi connectivity index (χ4n) is 3.78. The smallest absolute Gasteiger partial charge is 0.410 e. The van der Waals surface area contributed by atoms with Gasteiger partial charge in [0.2, 0.25) is 0 Å². The molecular formula is C20H26N4O4. The highest BCUT2D eigenvalue weighted by Crippen LogP contribution is 2.27. The fourth-order valence-corrected chi connectivity index (χ4v) is 3.78. The van der Waals surface area contributed by atoms with Gasteiger partial charge in [0, 0.05) is 19.3 Å². The molecule has 2 aliphatic rings. The number of aromatic nitrogens is 3. The van der Waals surface area contributed by atoms with E-state index in [1.807, 2.05) is 26.8 Å². The molecule has 1 atom stereocenters. The topological polar surface area (TPSA) is 89.5 Å². The Morgan fingerprint density at radius 2 is 2.21 bits per heavy atom. The first-order valence-electron chi connectivity index (χ1n) is 9.67. The normalized spacial score (nSPS) is 20.5. The van der Waals surface area contributed by atoms with Crippen molar-refractivity contribution in [2.45, 2.75) is 45.3 Å². The number of fused-ring (bicyclic) bond motifs is 1. The molecule has 2 aromatic rings. The highest BCUT2D eigenvalue weighted by Gasteiger charge is 2.32. The van der Waals surface area contributed by atoms with Gasteiger partial charge in [0.05, 0.1) is 24.8 Å². The summed E-state index contributed by atoms with van der Waals surface area (Å²) in [5, 5.41) is 0. The third-order valence-corrected chi connectivity index (χ3v) is 5.09. The van der Waals surface area contributed by atoms with Gasteiger partial charge in [-0.3, -0.25) is 9.55 Å². The number of hydrogen-bond donors (Lipinski definition) is 1. The lowest BCUT2D eigenvalue weighted by Crippen LogP contribution is -2.36. The van der Waals surface area contributed by atoms with Gasteiger partial charge in [0.1, 0.15) is 5.60 Å². The number of nitrogens with zero attached hydrogens (tertiary/aromatic N) is 3. The summed E-state index contributed by atoms with van der Waals surface area (Å²) < 4.78 is 12.6. The minimum absolute atomic E-state index is 0.102. The molecule has 4 heterocycles. The molecule has 0 saturated carbocycles. The molecule has 8 nitrogen and oxygen atoms in total. The minimum atomic E-state index is -0.539. The molecule has 8 heteroatoms. The van der Waals surface area contributed by atoms with Gasteiger partial charge in [-0.1, -0.05) is 6.08 Å². The Morgan fingerprint density at radius 3 is 2.93 bits per heavy atom. The van der Waals surface area contributed by atoms with Crippen LogP contribution in [0, 0.1) is 0 Å². The molecule has 1 N–H and O–H groups in total. The summed E-state index contributed by atoms with van der Waals surface area (Å²) in [4.78, 5) is 33.9. The first-order chi connectivity index (χ1) is 13.3. The van der Waals surface area contributed by atoms with E-state index in [0.29, 0.717) is 38.4 Å². The number of imidazole rings is 1. The maximum absolute atomic E-state index is 12.6. The van der Waals surface area contributed by atoms with Gasteiger partial charge >= 0.3 is 11.8 Å². The number of carbonyl (C=O) groups is 1. The van der Waals surface area contributed by atoms with Crippen LogP contribution in [-0.4, -0.2) is 57.4 Å². The van der Waals surface area contributed by atoms with Crippen molar-refractivity contribution in [1.29, 1.82) is 0 Å². The second kappa shape index (κ2) is 7.09. The average Bonchev–Trinajstić information content (AvgIpc) is 3.24. The minimum Gasteiger partial charge on any atom is -0.444 e. The highest BCUT2D eigenvalue weighted by molar-refractivity contribution is 5.78. The Morgan fingerprint density at radius 1 is 1.39 bits per heavy atom. The number of H-pyrrole nitrogens is 1. The molecule has 1 fully saturated rings. The Labute approximate surface area is 163 Å². The second-order valence-corrected chi connectivity index (χ2v) is 8.32. The third-order valence-electron chi connectivity index (χ3n) is 5.09. The third kappa shape index (κ3) is 3.69. The van der Waals surface area contributed by atoms with Crippen molar-refractivity contribution < 1.29 is 14.3 Å². The summed E-state index contributed by atoms with van der Waals surface area (Å²) >= 11 is 0. The van der Waals surface area contributed by atoms with Crippen LogP contribution in [-0.2, 0) is 9.47 Å². The van der Waals surface area contributed by atoms with E-state index in [9.17, 15) is 9.59 Å². The molecule has 1 unspecified atom stereocenters. The van der Waals surface area contributed by atoms with Crippen molar-refractivity contribution >= 4 is 22.8 Å². The summed E-state index contributed by atoms with van der Waals surface area (Å²) in [5.74, 6) is 0. The SMILES string of the molecule is CC(C)(C)OC(=O)N1CCC(n2c(=O)[nH]c3ncc(C4=CCOCC4)cc32)C1. The van der Waals surface area contributed by atoms with Gasteiger partial charge in [-0.2, -0.15) is 0 Å². The lowest BCUT2D eigenvalue weighted by atomic mass is 10.0. The van der Waals surface area contributed by atoms with Gasteiger partial charge in [-0.15, -0.1) is 0 Å². The Balaban J connectivity index is 1.62. The maximum atomic E-state index is 12.6. The van der Waals surface area contributed by atoms with E-state index in [0.717, 1.165) is 17.5 Å². The molecule has 150 valence electrons. The number of ether oxygens (including phenoxy) is 2. The zero-order valence-corrected chi connectivity index (χ0v) is 16.5. The molecule has 2 aliphatic heterocycles. The van der Waals surface area contributed by atoms with Crippen molar-refractivity contribution in [3.63, 3.8) is 0 Å². The summed E-state index contributed by atoms with van der Waals surface area (Å²) in [5.41, 5.74) is 2.79. The molecular weight excluding hydrogens is 360 g/mol. The summed E-state index contributed by atoms with van der Waals surface area (Å²) in [6.07, 6.45) is 5.04. The van der Waals surface area contributed by atoms with Gasteiger partial charge in [-0.05, 0) is 50.8 Å². The standard InChI is InChI=1S/C20H26N4O4/c1-20(2,3)28-19(26)23-7-4-15(12-23)24-16-10-14(13-5-8-27-9-6-13)11-21-17(16)22-18(24)25/h5,10-11,15H,4,6-9,12H2,1-3H3,(H,21,22,25). The monoisotopic (exact) mass is 386 g/mol. The Bertz CT molecular complexity index is 982. The van der Waals surface area contributed by atoms with Crippen LogP contribution in [0.5, 0.6) is 0 Å². The van der Waals surface area contributed by atoms with Crippen molar-refractivity contribution in [2.24, 2.45) is 0 Å². The zero-order chi connectivity index (χ0) is 19.9. The van der Waals surface area contributed by atoms with Gasteiger partial charge in [0.15, 0.2) is 5.65 Å². The molecule has 4 rings (SSSR count). The molecule has 0 spiro atoms. The number of likely N-dealkylation sites (tertiary alicyclic amines) is 1. The number of pyridine rings is 1. The first-order valence-corrected chi connectivity index (χ1v) is 9.67. The van der Waals surface area contributed by atoms with E-state index in [1.54, 1.807) is 15.7 Å². The molecule has 0 aliphatic carbocycles. The van der Waals surface area contributed by atoms with Crippen molar-refractivity contribution in [3.05, 3.63) is 34.4 Å². The lowest BCUT2D eigenvalue weighted by molar-refractivity contribution is 0.0289. The molecule has 0 bridgehead atoms. The predicted octanol–water partition coefficient (Wildman–Crippen LogP) is 2.71. The van der Waals surface area contributed by atoms with Crippen LogP contribution in [0.15, 0.2) is 23.1 Å². The van der Waals surface area contributed by atoms with E-state index < -0.39 is 5.60 Å². The number of amides is 1. The lowest BCUT2D eigenvalue weighted by Gasteiger charge is -2.24. The van der Waals surface area contributed by atoms with Crippen molar-refractivity contribution in [2.75, 3.05) is 26.3 Å². The van der Waals surface area contributed by atoms with E-state index in [-0.39, 0.29) is 17.8 Å². The first kappa shape index (κ1) is 18.7. The fraction of sp³-hybridized carbons (Fsp3) is 0.550. The van der Waals surface area contributed by atoms with Crippen molar-refractivity contribution in [3.8, 4) is 0 Å². The summed E-state index contributed by atoms with van der Waals surface area (Å²) in [6.45, 7) is 7.84. The van der Waals surface area contributed by atoms with Gasteiger partial charge in [0.25, 0.3) is 0 Å². The maximum Gasteiger partial charge on any atom is 0.410 e. The molecule has 0 radical (unpaired) electrons. The predicted molar refractivity (Wildman–Crippen MR) is 105 cm³/mol. The quantitative estimate of drug-likeness (QED) is 0.857. The summed E-state index contributed by atoms with van der Waals surface area (Å²) in [6, 6.07) is 1.91. The van der Waals surface area contributed by atoms with Crippen LogP contribution in [0.4, 0.5) is 4.79 Å². The number of carbonyl (C=O) groups excluding carboxylic acids is 1. The number of hydrogen-bond acceptors (Lipinski definition) is 5. The molecule has 1 saturated heterocycles. The van der Waals surface area contributed by atoms with E-state index in [2.05, 4.69) is 16.0 Å². The number of aromatic amines is 1. The van der Waals surface area contributed by atoms with Crippen LogP contribution in [0.1, 0.15) is 45.2 Å². The number of nitrogens with one attached hydrogen (secondary N) is 1. The van der Waals surface area contributed by atoms with Crippen LogP contribution < -0.4 is 5.69 Å². The largest absolute Gasteiger partial charge is 0.444 e. The highest BCUT2D eigenvalue weighted by atomic mass is 16.6. The second-order valence-electron chi connectivity index (χ2n) is 8.32. The zero-order valence-electron chi connectivity index (χ0n) is 16.5. The average molecular weight is 386 g/mol. The van der Waals surface area contributed by atoms with E-state index >= 15 is 0 Å².